The first-order chi connectivity index (χ1) is 14.7. The van der Waals surface area contributed by atoms with Crippen molar-refractivity contribution in [2.24, 2.45) is 5.11 Å². The topological polar surface area (TPSA) is 190 Å². The van der Waals surface area contributed by atoms with Crippen molar-refractivity contribution in [1.29, 1.82) is 21.0 Å². The van der Waals surface area contributed by atoms with Crippen molar-refractivity contribution in [1.82, 2.24) is 0 Å². The zero-order chi connectivity index (χ0) is 22.0. The highest BCUT2D eigenvalue weighted by Gasteiger charge is 2.48. The van der Waals surface area contributed by atoms with Gasteiger partial charge in [-0.1, -0.05) is 5.11 Å². The van der Waals surface area contributed by atoms with E-state index in [2.05, 4.69) is 10.0 Å². The molecular formula is C18H23N7O5. The number of hydrogen-bond donors (Lipinski definition) is 0. The summed E-state index contributed by atoms with van der Waals surface area (Å²) in [6.45, 7) is 0.417. The van der Waals surface area contributed by atoms with Crippen LogP contribution in [-0.4, -0.2) is 63.7 Å². The van der Waals surface area contributed by atoms with Crippen molar-refractivity contribution in [2.75, 3.05) is 33.0 Å². The summed E-state index contributed by atoms with van der Waals surface area (Å²) < 4.78 is 28.7. The minimum Gasteiger partial charge on any atom is -0.378 e. The van der Waals surface area contributed by atoms with Crippen LogP contribution in [0.3, 0.4) is 0 Å². The molecule has 0 N–H and O–H groups in total. The van der Waals surface area contributed by atoms with E-state index in [1.54, 1.807) is 0 Å². The summed E-state index contributed by atoms with van der Waals surface area (Å²) in [7, 11) is 0. The molecule has 5 atom stereocenters. The molecule has 160 valence electrons. The van der Waals surface area contributed by atoms with Crippen molar-refractivity contribution in [3.63, 3.8) is 0 Å². The van der Waals surface area contributed by atoms with E-state index < -0.39 is 30.6 Å². The summed E-state index contributed by atoms with van der Waals surface area (Å²) in [4.78, 5) is 2.79. The summed E-state index contributed by atoms with van der Waals surface area (Å²) in [6, 6.07) is 7.88. The van der Waals surface area contributed by atoms with Crippen LogP contribution in [0.25, 0.3) is 10.4 Å². The van der Waals surface area contributed by atoms with Crippen LogP contribution < -0.4 is 0 Å². The third kappa shape index (κ3) is 8.61. The predicted molar refractivity (Wildman–Crippen MR) is 98.8 cm³/mol. The van der Waals surface area contributed by atoms with E-state index in [0.29, 0.717) is 0 Å². The van der Waals surface area contributed by atoms with Gasteiger partial charge in [0.15, 0.2) is 6.23 Å². The molecule has 1 rings (SSSR count). The number of ether oxygens (including phenoxy) is 5. The van der Waals surface area contributed by atoms with Gasteiger partial charge in [-0.15, -0.1) is 0 Å². The van der Waals surface area contributed by atoms with Crippen LogP contribution in [0.15, 0.2) is 5.11 Å². The molecule has 0 spiro atoms. The number of hydrogen-bond acceptors (Lipinski definition) is 10. The van der Waals surface area contributed by atoms with E-state index >= 15 is 0 Å². The monoisotopic (exact) mass is 417 g/mol. The maximum Gasteiger partial charge on any atom is 0.165 e. The molecule has 0 aromatic carbocycles. The Morgan fingerprint density at radius 2 is 1.27 bits per heavy atom. The Morgan fingerprint density at radius 1 is 0.767 bits per heavy atom. The molecule has 0 saturated carbocycles. The second kappa shape index (κ2) is 15.9. The first-order valence-corrected chi connectivity index (χ1v) is 9.33. The molecule has 12 heteroatoms. The normalized spacial score (nSPS) is 25.1. The molecule has 1 aliphatic rings. The van der Waals surface area contributed by atoms with E-state index in [9.17, 15) is 0 Å². The number of nitriles is 4. The molecule has 0 aliphatic carbocycles. The Morgan fingerprint density at radius 3 is 1.80 bits per heavy atom. The second-order valence-electron chi connectivity index (χ2n) is 5.98. The molecule has 1 saturated heterocycles. The van der Waals surface area contributed by atoms with E-state index in [1.165, 1.54) is 0 Å². The molecule has 1 heterocycles. The summed E-state index contributed by atoms with van der Waals surface area (Å²) in [5, 5.41) is 38.7. The van der Waals surface area contributed by atoms with Crippen molar-refractivity contribution < 1.29 is 23.7 Å². The maximum atomic E-state index is 8.93. The standard InChI is InChI=1S/C18H23N7O5/c19-5-1-9-26-13-14-15(27-10-2-6-20)16(28-11-3-7-21)17(29-12-4-8-22)18(30-14)24-25-23/h14-18H,1-4,9-13H2/t14-,15+,16+,17-,18+/m1/s1. The molecule has 12 nitrogen and oxygen atoms in total. The highest BCUT2D eigenvalue weighted by atomic mass is 16.6. The van der Waals surface area contributed by atoms with Crippen LogP contribution >= 0.6 is 0 Å². The van der Waals surface area contributed by atoms with Crippen LogP contribution in [0, 0.1) is 45.3 Å². The maximum absolute atomic E-state index is 8.93. The Kier molecular flexibility index (Phi) is 13.3. The molecule has 0 bridgehead atoms. The van der Waals surface area contributed by atoms with Crippen LogP contribution in [0.2, 0.25) is 0 Å². The fourth-order valence-electron chi connectivity index (χ4n) is 2.78. The molecule has 0 aromatic heterocycles. The molecule has 0 aromatic rings. The van der Waals surface area contributed by atoms with Crippen LogP contribution in [0.4, 0.5) is 0 Å². The van der Waals surface area contributed by atoms with Crippen molar-refractivity contribution in [3.8, 4) is 24.3 Å². The first-order valence-electron chi connectivity index (χ1n) is 9.33. The highest BCUT2D eigenvalue weighted by molar-refractivity contribution is 4.95. The fourth-order valence-corrected chi connectivity index (χ4v) is 2.78. The third-order valence-corrected chi connectivity index (χ3v) is 3.99. The van der Waals surface area contributed by atoms with Gasteiger partial charge in [0.1, 0.15) is 24.4 Å². The van der Waals surface area contributed by atoms with Gasteiger partial charge < -0.3 is 23.7 Å². The average Bonchev–Trinajstić information content (AvgIpc) is 2.75. The fraction of sp³-hybridized carbons (Fsp3) is 0.778. The van der Waals surface area contributed by atoms with Crippen LogP contribution in [0.1, 0.15) is 25.7 Å². The molecule has 30 heavy (non-hydrogen) atoms. The second-order valence-corrected chi connectivity index (χ2v) is 5.98. The number of azide groups is 1. The average molecular weight is 417 g/mol. The molecule has 0 amide bonds. The lowest BCUT2D eigenvalue weighted by atomic mass is 9.97. The summed E-state index contributed by atoms with van der Waals surface area (Å²) in [6.07, 6.45) is -3.73. The number of rotatable bonds is 14. The van der Waals surface area contributed by atoms with E-state index in [-0.39, 0.29) is 58.7 Å². The summed E-state index contributed by atoms with van der Waals surface area (Å²) in [5.41, 5.74) is 8.93. The summed E-state index contributed by atoms with van der Waals surface area (Å²) in [5.74, 6) is 0. The highest BCUT2D eigenvalue weighted by Crippen LogP contribution is 2.30. The van der Waals surface area contributed by atoms with E-state index in [0.717, 1.165) is 0 Å². The minimum atomic E-state index is -1.08. The lowest BCUT2D eigenvalue weighted by molar-refractivity contribution is -0.263. The predicted octanol–water partition coefficient (Wildman–Crippen LogP) is 1.85. The SMILES string of the molecule is N#CCCOC[C@H]1O[C@H](N=[N+]=[N-])[C@H](OCCC#N)[C@@H](OCCC#N)[C@H]1OCCC#N. The van der Waals surface area contributed by atoms with Gasteiger partial charge in [-0.3, -0.25) is 0 Å². The zero-order valence-corrected chi connectivity index (χ0v) is 16.4. The van der Waals surface area contributed by atoms with Gasteiger partial charge in [0.25, 0.3) is 0 Å². The van der Waals surface area contributed by atoms with Gasteiger partial charge in [0.2, 0.25) is 0 Å². The van der Waals surface area contributed by atoms with Gasteiger partial charge in [-0.25, -0.2) is 0 Å². The van der Waals surface area contributed by atoms with Gasteiger partial charge in [-0.05, 0) is 5.53 Å². The first kappa shape index (κ1) is 25.1. The quantitative estimate of drug-likeness (QED) is 0.175. The van der Waals surface area contributed by atoms with Crippen LogP contribution in [-0.2, 0) is 23.7 Å². The Hall–Kier alpha value is -2.93. The molecule has 1 aliphatic heterocycles. The molecule has 1 fully saturated rings. The largest absolute Gasteiger partial charge is 0.378 e. The van der Waals surface area contributed by atoms with E-state index in [4.69, 9.17) is 50.3 Å². The van der Waals surface area contributed by atoms with Gasteiger partial charge in [0.05, 0.1) is 83.0 Å². The van der Waals surface area contributed by atoms with Crippen molar-refractivity contribution in [3.05, 3.63) is 10.4 Å². The van der Waals surface area contributed by atoms with Crippen LogP contribution in [0.5, 0.6) is 0 Å². The lowest BCUT2D eigenvalue weighted by Crippen LogP contribution is -2.61. The number of nitrogens with zero attached hydrogens (tertiary/aromatic N) is 7. The lowest BCUT2D eigenvalue weighted by Gasteiger charge is -2.44. The zero-order valence-electron chi connectivity index (χ0n) is 16.4. The molecule has 0 radical (unpaired) electrons. The third-order valence-electron chi connectivity index (χ3n) is 3.99. The smallest absolute Gasteiger partial charge is 0.165 e. The Balaban J connectivity index is 3.10. The van der Waals surface area contributed by atoms with Gasteiger partial charge in [-0.2, -0.15) is 21.0 Å². The van der Waals surface area contributed by atoms with Gasteiger partial charge in [0, 0.05) is 4.91 Å². The summed E-state index contributed by atoms with van der Waals surface area (Å²) >= 11 is 0. The Labute approximate surface area is 174 Å². The molecule has 0 unspecified atom stereocenters. The Bertz CT molecular complexity index is 716. The van der Waals surface area contributed by atoms with Gasteiger partial charge >= 0.3 is 0 Å². The van der Waals surface area contributed by atoms with Crippen molar-refractivity contribution in [2.45, 2.75) is 56.3 Å². The van der Waals surface area contributed by atoms with E-state index in [1.807, 2.05) is 24.3 Å². The molecular weight excluding hydrogens is 394 g/mol. The minimum absolute atomic E-state index is 0.0272. The van der Waals surface area contributed by atoms with Crippen molar-refractivity contribution >= 4 is 0 Å².